The van der Waals surface area contributed by atoms with E-state index in [1.54, 1.807) is 18.3 Å². The molecule has 3 rings (SSSR count). The Kier molecular flexibility index (Phi) is 4.17. The Balaban J connectivity index is 0.000000155. The number of Topliss-reactive ketones (excluding diaryl/α,β-unsaturated/α-hetero) is 1. The van der Waals surface area contributed by atoms with Gasteiger partial charge in [0, 0.05) is 24.2 Å². The summed E-state index contributed by atoms with van der Waals surface area (Å²) >= 11 is 0. The van der Waals surface area contributed by atoms with E-state index in [2.05, 4.69) is 30.5 Å². The van der Waals surface area contributed by atoms with Crippen LogP contribution in [0, 0.1) is 16.7 Å². The summed E-state index contributed by atoms with van der Waals surface area (Å²) in [5, 5.41) is 0. The van der Waals surface area contributed by atoms with E-state index < -0.39 is 0 Å². The van der Waals surface area contributed by atoms with E-state index in [4.69, 9.17) is 0 Å². The first kappa shape index (κ1) is 15.7. The van der Waals surface area contributed by atoms with Crippen molar-refractivity contribution in [2.24, 2.45) is 16.7 Å². The Morgan fingerprint density at radius 3 is 2.43 bits per heavy atom. The first-order valence-corrected chi connectivity index (χ1v) is 7.34. The second-order valence-electron chi connectivity index (χ2n) is 6.65. The van der Waals surface area contributed by atoms with Gasteiger partial charge in [0.05, 0.1) is 12.7 Å². The van der Waals surface area contributed by atoms with Crippen LogP contribution in [-0.2, 0) is 9.53 Å². The number of fused-ring (bicyclic) bond motifs is 2. The summed E-state index contributed by atoms with van der Waals surface area (Å²) in [6.07, 6.45) is 6.32. The molecule has 0 spiro atoms. The fourth-order valence-corrected chi connectivity index (χ4v) is 3.50. The van der Waals surface area contributed by atoms with Crippen LogP contribution < -0.4 is 0 Å². The lowest BCUT2D eigenvalue weighted by Crippen LogP contribution is -2.32. The maximum atomic E-state index is 11.6. The number of methoxy groups -OCH3 is 1. The van der Waals surface area contributed by atoms with Crippen molar-refractivity contribution in [1.29, 1.82) is 0 Å². The summed E-state index contributed by atoms with van der Waals surface area (Å²) in [6, 6.07) is 3.34. The van der Waals surface area contributed by atoms with Gasteiger partial charge in [0.15, 0.2) is 0 Å². The second-order valence-corrected chi connectivity index (χ2v) is 6.65. The minimum Gasteiger partial charge on any atom is -0.465 e. The largest absolute Gasteiger partial charge is 0.465 e. The number of pyridine rings is 1. The molecule has 0 saturated heterocycles. The monoisotopic (exact) mass is 289 g/mol. The van der Waals surface area contributed by atoms with E-state index in [0.717, 1.165) is 12.8 Å². The number of esters is 1. The molecular formula is C17H23NO3. The van der Waals surface area contributed by atoms with Crippen molar-refractivity contribution in [2.75, 3.05) is 7.11 Å². The zero-order valence-corrected chi connectivity index (χ0v) is 13.2. The molecule has 0 radical (unpaired) electrons. The molecule has 2 bridgehead atoms. The molecule has 2 atom stereocenters. The smallest absolute Gasteiger partial charge is 0.339 e. The lowest BCUT2D eigenvalue weighted by atomic mass is 9.70. The van der Waals surface area contributed by atoms with E-state index in [9.17, 15) is 9.59 Å². The van der Waals surface area contributed by atoms with Gasteiger partial charge in [-0.15, -0.1) is 0 Å². The third-order valence-electron chi connectivity index (χ3n) is 5.57. The van der Waals surface area contributed by atoms with Gasteiger partial charge in [-0.1, -0.05) is 20.8 Å². The standard InChI is InChI=1S/C10H16O.C7H7NO2/c1-9(2)7-4-5-10(9,3)8(11)6-7;1-10-7(9)6-3-2-4-8-5-6/h7H,4-6H2,1-3H3;2-5H,1H3. The molecule has 114 valence electrons. The van der Waals surface area contributed by atoms with Gasteiger partial charge in [-0.25, -0.2) is 4.79 Å². The summed E-state index contributed by atoms with van der Waals surface area (Å²) in [5.41, 5.74) is 0.784. The van der Waals surface area contributed by atoms with Gasteiger partial charge in [-0.2, -0.15) is 0 Å². The zero-order valence-electron chi connectivity index (χ0n) is 13.2. The molecule has 2 fully saturated rings. The highest BCUT2D eigenvalue weighted by molar-refractivity contribution is 5.89. The quantitative estimate of drug-likeness (QED) is 0.745. The Morgan fingerprint density at radius 2 is 2.10 bits per heavy atom. The SMILES string of the molecule is CC12CCC(CC1=O)C2(C)C.COC(=O)c1cccnc1. The number of carbonyl (C=O) groups is 2. The molecule has 2 unspecified atom stereocenters. The molecule has 1 aromatic rings. The van der Waals surface area contributed by atoms with Crippen molar-refractivity contribution in [3.8, 4) is 0 Å². The highest BCUT2D eigenvalue weighted by Crippen LogP contribution is 2.63. The molecule has 0 aliphatic heterocycles. The number of ketones is 1. The second kappa shape index (κ2) is 5.58. The van der Waals surface area contributed by atoms with E-state index >= 15 is 0 Å². The van der Waals surface area contributed by atoms with Crippen molar-refractivity contribution in [3.05, 3.63) is 30.1 Å². The molecule has 0 N–H and O–H groups in total. The normalized spacial score (nSPS) is 28.8. The number of rotatable bonds is 1. The van der Waals surface area contributed by atoms with E-state index in [0.29, 0.717) is 17.3 Å². The Morgan fingerprint density at radius 1 is 1.38 bits per heavy atom. The molecule has 0 aromatic carbocycles. The Hall–Kier alpha value is -1.71. The minimum absolute atomic E-state index is 0.0255. The van der Waals surface area contributed by atoms with Crippen LogP contribution >= 0.6 is 0 Å². The molecule has 21 heavy (non-hydrogen) atoms. The van der Waals surface area contributed by atoms with Crippen molar-refractivity contribution < 1.29 is 14.3 Å². The first-order chi connectivity index (χ1) is 9.83. The van der Waals surface area contributed by atoms with Gasteiger partial charge in [-0.05, 0) is 36.3 Å². The van der Waals surface area contributed by atoms with Gasteiger partial charge in [0.2, 0.25) is 0 Å². The molecule has 1 aromatic heterocycles. The molecular weight excluding hydrogens is 266 g/mol. The first-order valence-electron chi connectivity index (χ1n) is 7.34. The minimum atomic E-state index is -0.354. The van der Waals surface area contributed by atoms with Crippen LogP contribution in [0.15, 0.2) is 24.5 Å². The van der Waals surface area contributed by atoms with Crippen LogP contribution in [0.25, 0.3) is 0 Å². The van der Waals surface area contributed by atoms with Crippen LogP contribution in [0.2, 0.25) is 0 Å². The average Bonchev–Trinajstić information content (AvgIpc) is 2.81. The molecule has 1 heterocycles. The maximum Gasteiger partial charge on any atom is 0.339 e. The highest BCUT2D eigenvalue weighted by atomic mass is 16.5. The van der Waals surface area contributed by atoms with Gasteiger partial charge < -0.3 is 4.74 Å². The van der Waals surface area contributed by atoms with Crippen molar-refractivity contribution in [3.63, 3.8) is 0 Å². The van der Waals surface area contributed by atoms with Gasteiger partial charge >= 0.3 is 5.97 Å². The molecule has 0 amide bonds. The fourth-order valence-electron chi connectivity index (χ4n) is 3.50. The lowest BCUT2D eigenvalue weighted by molar-refractivity contribution is -0.128. The van der Waals surface area contributed by atoms with Crippen molar-refractivity contribution >= 4 is 11.8 Å². The number of hydrogen-bond acceptors (Lipinski definition) is 4. The number of ether oxygens (including phenoxy) is 1. The third kappa shape index (κ3) is 2.59. The number of aromatic nitrogens is 1. The zero-order chi connectivity index (χ0) is 15.7. The summed E-state index contributed by atoms with van der Waals surface area (Å²) < 4.78 is 4.46. The van der Waals surface area contributed by atoms with E-state index in [1.165, 1.54) is 19.7 Å². The van der Waals surface area contributed by atoms with E-state index in [-0.39, 0.29) is 16.8 Å². The summed E-state index contributed by atoms with van der Waals surface area (Å²) in [6.45, 7) is 6.67. The van der Waals surface area contributed by atoms with Gasteiger partial charge in [0.25, 0.3) is 0 Å². The third-order valence-corrected chi connectivity index (χ3v) is 5.57. The molecule has 2 aliphatic rings. The maximum absolute atomic E-state index is 11.6. The summed E-state index contributed by atoms with van der Waals surface area (Å²) in [4.78, 5) is 26.1. The van der Waals surface area contributed by atoms with Crippen LogP contribution in [0.1, 0.15) is 50.4 Å². The molecule has 4 heteroatoms. The fraction of sp³-hybridized carbons (Fsp3) is 0.588. The van der Waals surface area contributed by atoms with Crippen LogP contribution in [0.3, 0.4) is 0 Å². The lowest BCUT2D eigenvalue weighted by Gasteiger charge is -2.32. The Labute approximate surface area is 125 Å². The summed E-state index contributed by atoms with van der Waals surface area (Å²) in [7, 11) is 1.34. The molecule has 2 saturated carbocycles. The number of nitrogens with zero attached hydrogens (tertiary/aromatic N) is 1. The van der Waals surface area contributed by atoms with Gasteiger partial charge in [0.1, 0.15) is 5.78 Å². The van der Waals surface area contributed by atoms with Crippen molar-refractivity contribution in [1.82, 2.24) is 4.98 Å². The average molecular weight is 289 g/mol. The van der Waals surface area contributed by atoms with Crippen LogP contribution in [0.5, 0.6) is 0 Å². The topological polar surface area (TPSA) is 56.3 Å². The number of carbonyl (C=O) groups excluding carboxylic acids is 2. The van der Waals surface area contributed by atoms with Crippen molar-refractivity contribution in [2.45, 2.75) is 40.0 Å². The molecule has 2 aliphatic carbocycles. The summed E-state index contributed by atoms with van der Waals surface area (Å²) in [5.74, 6) is 0.840. The number of hydrogen-bond donors (Lipinski definition) is 0. The van der Waals surface area contributed by atoms with Crippen LogP contribution in [0.4, 0.5) is 0 Å². The predicted molar refractivity (Wildman–Crippen MR) is 79.8 cm³/mol. The van der Waals surface area contributed by atoms with E-state index in [1.807, 2.05) is 0 Å². The highest BCUT2D eigenvalue weighted by Gasteiger charge is 2.61. The van der Waals surface area contributed by atoms with Gasteiger partial charge in [-0.3, -0.25) is 9.78 Å². The van der Waals surface area contributed by atoms with Crippen LogP contribution in [-0.4, -0.2) is 23.8 Å². The Bertz CT molecular complexity index is 538. The predicted octanol–water partition coefficient (Wildman–Crippen LogP) is 3.27. The molecule has 4 nitrogen and oxygen atoms in total.